The van der Waals surface area contributed by atoms with Crippen LogP contribution in [0.2, 0.25) is 5.02 Å². The van der Waals surface area contributed by atoms with Crippen molar-refractivity contribution in [2.75, 3.05) is 0 Å². The highest BCUT2D eigenvalue weighted by Gasteiger charge is 2.13. The molecule has 0 spiro atoms. The first-order chi connectivity index (χ1) is 10.3. The lowest BCUT2D eigenvalue weighted by Gasteiger charge is -2.14. The van der Waals surface area contributed by atoms with E-state index in [1.54, 1.807) is 43.3 Å². The topological polar surface area (TPSA) is 89.3 Å². The van der Waals surface area contributed by atoms with Gasteiger partial charge < -0.3 is 5.32 Å². The Balaban J connectivity index is 2.10. The molecule has 0 heterocycles. The number of carbonyl (C=O) groups excluding carboxylic acids is 1. The van der Waals surface area contributed by atoms with Crippen LogP contribution in [0.3, 0.4) is 0 Å². The van der Waals surface area contributed by atoms with E-state index in [0.29, 0.717) is 10.6 Å². The Labute approximate surface area is 134 Å². The zero-order valence-corrected chi connectivity index (χ0v) is 13.4. The average molecular weight is 339 g/mol. The van der Waals surface area contributed by atoms with Crippen LogP contribution in [0.15, 0.2) is 53.4 Å². The van der Waals surface area contributed by atoms with Crippen LogP contribution in [0.25, 0.3) is 0 Å². The largest absolute Gasteiger partial charge is 0.346 e. The van der Waals surface area contributed by atoms with Gasteiger partial charge in [0.15, 0.2) is 0 Å². The number of nitrogens with two attached hydrogens (primary N) is 1. The summed E-state index contributed by atoms with van der Waals surface area (Å²) in [6.45, 7) is 1.81. The van der Waals surface area contributed by atoms with Crippen molar-refractivity contribution in [3.63, 3.8) is 0 Å². The Morgan fingerprint density at radius 2 is 1.64 bits per heavy atom. The van der Waals surface area contributed by atoms with Gasteiger partial charge in [0.05, 0.1) is 10.9 Å². The van der Waals surface area contributed by atoms with E-state index in [2.05, 4.69) is 5.32 Å². The molecule has 0 aromatic heterocycles. The number of rotatable bonds is 4. The third-order valence-corrected chi connectivity index (χ3v) is 4.34. The molecule has 0 fully saturated rings. The molecule has 0 saturated heterocycles. The van der Waals surface area contributed by atoms with Crippen LogP contribution in [0.4, 0.5) is 0 Å². The Bertz CT molecular complexity index is 771. The predicted molar refractivity (Wildman–Crippen MR) is 85.1 cm³/mol. The summed E-state index contributed by atoms with van der Waals surface area (Å²) < 4.78 is 22.4. The van der Waals surface area contributed by atoms with Crippen LogP contribution in [0, 0.1) is 0 Å². The predicted octanol–water partition coefficient (Wildman–Crippen LogP) is 2.48. The Morgan fingerprint density at radius 1 is 1.09 bits per heavy atom. The summed E-state index contributed by atoms with van der Waals surface area (Å²) in [5.41, 5.74) is 1.27. The van der Waals surface area contributed by atoms with Gasteiger partial charge in [0.1, 0.15) is 0 Å². The lowest BCUT2D eigenvalue weighted by Crippen LogP contribution is -2.26. The molecule has 2 aromatic carbocycles. The van der Waals surface area contributed by atoms with Crippen LogP contribution in [-0.2, 0) is 10.0 Å². The minimum Gasteiger partial charge on any atom is -0.346 e. The maximum Gasteiger partial charge on any atom is 0.251 e. The highest BCUT2D eigenvalue weighted by atomic mass is 35.5. The van der Waals surface area contributed by atoms with Crippen molar-refractivity contribution < 1.29 is 13.2 Å². The first-order valence-electron chi connectivity index (χ1n) is 6.46. The number of amides is 1. The minimum absolute atomic E-state index is 0.0347. The summed E-state index contributed by atoms with van der Waals surface area (Å²) in [7, 11) is -3.72. The smallest absolute Gasteiger partial charge is 0.251 e. The molecule has 22 heavy (non-hydrogen) atoms. The van der Waals surface area contributed by atoms with E-state index >= 15 is 0 Å². The monoisotopic (exact) mass is 338 g/mol. The molecule has 0 radical (unpaired) electrons. The van der Waals surface area contributed by atoms with Gasteiger partial charge in [-0.15, -0.1) is 0 Å². The van der Waals surface area contributed by atoms with E-state index in [1.165, 1.54) is 12.1 Å². The van der Waals surface area contributed by atoms with Crippen molar-refractivity contribution in [2.24, 2.45) is 5.14 Å². The zero-order valence-electron chi connectivity index (χ0n) is 11.8. The van der Waals surface area contributed by atoms with Gasteiger partial charge in [0.2, 0.25) is 10.0 Å². The maximum atomic E-state index is 12.1. The molecule has 0 aliphatic rings. The van der Waals surface area contributed by atoms with E-state index in [0.717, 1.165) is 5.56 Å². The standard InChI is InChI=1S/C15H15ClN2O3S/c1-10(11-4-8-14(9-5-11)22(17,20)21)18-15(19)12-2-6-13(16)7-3-12/h2-10H,1H3,(H,18,19)(H2,17,20,21). The number of halogens is 1. The number of nitrogens with one attached hydrogen (secondary N) is 1. The fourth-order valence-electron chi connectivity index (χ4n) is 1.91. The number of hydrogen-bond donors (Lipinski definition) is 2. The first-order valence-corrected chi connectivity index (χ1v) is 8.39. The fraction of sp³-hybridized carbons (Fsp3) is 0.133. The Hall–Kier alpha value is -1.89. The first kappa shape index (κ1) is 16.5. The molecule has 5 nitrogen and oxygen atoms in total. The van der Waals surface area contributed by atoms with E-state index in [1.807, 2.05) is 0 Å². The van der Waals surface area contributed by atoms with E-state index < -0.39 is 10.0 Å². The molecule has 2 aromatic rings. The van der Waals surface area contributed by atoms with Crippen molar-refractivity contribution in [1.29, 1.82) is 0 Å². The van der Waals surface area contributed by atoms with Gasteiger partial charge in [-0.1, -0.05) is 23.7 Å². The zero-order chi connectivity index (χ0) is 16.3. The van der Waals surface area contributed by atoms with Crippen LogP contribution < -0.4 is 10.5 Å². The number of benzene rings is 2. The lowest BCUT2D eigenvalue weighted by atomic mass is 10.1. The summed E-state index contributed by atoms with van der Waals surface area (Å²) in [5, 5.41) is 8.43. The molecular weight excluding hydrogens is 324 g/mol. The van der Waals surface area contributed by atoms with Gasteiger partial charge in [-0.2, -0.15) is 0 Å². The van der Waals surface area contributed by atoms with Crippen molar-refractivity contribution in [2.45, 2.75) is 17.9 Å². The molecule has 1 atom stereocenters. The number of carbonyl (C=O) groups is 1. The van der Waals surface area contributed by atoms with Crippen LogP contribution in [-0.4, -0.2) is 14.3 Å². The second kappa shape index (κ2) is 6.48. The van der Waals surface area contributed by atoms with Crippen LogP contribution in [0.5, 0.6) is 0 Å². The normalized spacial score (nSPS) is 12.7. The average Bonchev–Trinajstić information content (AvgIpc) is 2.47. The highest BCUT2D eigenvalue weighted by molar-refractivity contribution is 7.89. The molecule has 7 heteroatoms. The SMILES string of the molecule is CC(NC(=O)c1ccc(Cl)cc1)c1ccc(S(N)(=O)=O)cc1. The van der Waals surface area contributed by atoms with Crippen molar-refractivity contribution in [3.05, 3.63) is 64.7 Å². The summed E-state index contributed by atoms with van der Waals surface area (Å²) >= 11 is 5.78. The third-order valence-electron chi connectivity index (χ3n) is 3.16. The van der Waals surface area contributed by atoms with Crippen molar-refractivity contribution >= 4 is 27.5 Å². The molecule has 0 aliphatic heterocycles. The summed E-state index contributed by atoms with van der Waals surface area (Å²) in [6, 6.07) is 12.3. The van der Waals surface area contributed by atoms with E-state index in [-0.39, 0.29) is 16.8 Å². The summed E-state index contributed by atoms with van der Waals surface area (Å²) in [4.78, 5) is 12.1. The molecule has 0 saturated carbocycles. The molecule has 0 aliphatic carbocycles. The number of sulfonamides is 1. The Morgan fingerprint density at radius 3 is 2.14 bits per heavy atom. The fourth-order valence-corrected chi connectivity index (χ4v) is 2.55. The van der Waals surface area contributed by atoms with Crippen molar-refractivity contribution in [3.8, 4) is 0 Å². The minimum atomic E-state index is -3.72. The molecule has 116 valence electrons. The van der Waals surface area contributed by atoms with E-state index in [4.69, 9.17) is 16.7 Å². The van der Waals surface area contributed by atoms with Gasteiger partial charge >= 0.3 is 0 Å². The summed E-state index contributed by atoms with van der Waals surface area (Å²) in [5.74, 6) is -0.236. The lowest BCUT2D eigenvalue weighted by molar-refractivity contribution is 0.0940. The molecule has 1 amide bonds. The Kier molecular flexibility index (Phi) is 4.85. The van der Waals surface area contributed by atoms with Gasteiger partial charge in [-0.05, 0) is 48.9 Å². The van der Waals surface area contributed by atoms with Gasteiger partial charge in [-0.3, -0.25) is 4.79 Å². The number of hydrogen-bond acceptors (Lipinski definition) is 3. The maximum absolute atomic E-state index is 12.1. The van der Waals surface area contributed by atoms with E-state index in [9.17, 15) is 13.2 Å². The number of primary sulfonamides is 1. The van der Waals surface area contributed by atoms with Crippen molar-refractivity contribution in [1.82, 2.24) is 5.32 Å². The van der Waals surface area contributed by atoms with Gasteiger partial charge in [-0.25, -0.2) is 13.6 Å². The highest BCUT2D eigenvalue weighted by Crippen LogP contribution is 2.16. The molecular formula is C15H15ClN2O3S. The van der Waals surface area contributed by atoms with Gasteiger partial charge in [0, 0.05) is 10.6 Å². The second-order valence-electron chi connectivity index (χ2n) is 4.82. The molecule has 2 rings (SSSR count). The molecule has 1 unspecified atom stereocenters. The van der Waals surface area contributed by atoms with Crippen LogP contribution in [0.1, 0.15) is 28.9 Å². The molecule has 0 bridgehead atoms. The quantitative estimate of drug-likeness (QED) is 0.897. The van der Waals surface area contributed by atoms with Crippen LogP contribution >= 0.6 is 11.6 Å². The third kappa shape index (κ3) is 4.07. The van der Waals surface area contributed by atoms with Gasteiger partial charge in [0.25, 0.3) is 5.91 Å². The second-order valence-corrected chi connectivity index (χ2v) is 6.81. The summed E-state index contributed by atoms with van der Waals surface area (Å²) in [6.07, 6.45) is 0. The molecule has 3 N–H and O–H groups in total.